The highest BCUT2D eigenvalue weighted by atomic mass is 32.2. The van der Waals surface area contributed by atoms with Gasteiger partial charge in [0.25, 0.3) is 0 Å². The summed E-state index contributed by atoms with van der Waals surface area (Å²) in [6.45, 7) is 12.1. The number of primary sulfonamides is 1. The number of nitrogens with two attached hydrogens (primary N) is 1. The van der Waals surface area contributed by atoms with Crippen molar-refractivity contribution < 1.29 is 8.42 Å². The van der Waals surface area contributed by atoms with Crippen molar-refractivity contribution in [2.45, 2.75) is 20.8 Å². The number of nitrogens with zero attached hydrogens (tertiary/aromatic N) is 1. The van der Waals surface area contributed by atoms with E-state index in [0.717, 1.165) is 6.20 Å². The van der Waals surface area contributed by atoms with Gasteiger partial charge in [0.1, 0.15) is 4.91 Å². The smallest absolute Gasteiger partial charge is 0.239 e. The maximum absolute atomic E-state index is 10.7. The SMILES string of the molecule is C=N/C=C(\C(=C)C)S(N)(=O)=O.CC. The lowest BCUT2D eigenvalue weighted by atomic mass is 10.3. The Morgan fingerprint density at radius 2 is 1.85 bits per heavy atom. The number of rotatable bonds is 3. The zero-order valence-corrected chi connectivity index (χ0v) is 9.06. The molecule has 0 aliphatic heterocycles. The van der Waals surface area contributed by atoms with Crippen LogP contribution in [0.5, 0.6) is 0 Å². The quantitative estimate of drug-likeness (QED) is 0.557. The molecule has 0 spiro atoms. The van der Waals surface area contributed by atoms with Gasteiger partial charge in [-0.1, -0.05) is 20.4 Å². The van der Waals surface area contributed by atoms with Crippen LogP contribution in [0, 0.1) is 0 Å². The molecule has 76 valence electrons. The minimum absolute atomic E-state index is 0.0903. The fourth-order valence-corrected chi connectivity index (χ4v) is 1.22. The molecule has 0 amide bonds. The van der Waals surface area contributed by atoms with Crippen molar-refractivity contribution in [2.24, 2.45) is 10.1 Å². The van der Waals surface area contributed by atoms with E-state index in [1.807, 2.05) is 13.8 Å². The van der Waals surface area contributed by atoms with Crippen LogP contribution in [0.1, 0.15) is 20.8 Å². The van der Waals surface area contributed by atoms with Gasteiger partial charge < -0.3 is 0 Å². The molecule has 0 saturated carbocycles. The molecule has 13 heavy (non-hydrogen) atoms. The summed E-state index contributed by atoms with van der Waals surface area (Å²) in [5.41, 5.74) is 0.347. The Bertz CT molecular complexity index is 302. The number of hydrogen-bond donors (Lipinski definition) is 1. The Morgan fingerprint density at radius 1 is 1.46 bits per heavy atom. The molecule has 0 aromatic rings. The van der Waals surface area contributed by atoms with Crippen LogP contribution in [-0.4, -0.2) is 15.1 Å². The molecule has 2 N–H and O–H groups in total. The summed E-state index contributed by atoms with van der Waals surface area (Å²) < 4.78 is 21.4. The first-order chi connectivity index (χ1) is 5.89. The molecule has 0 atom stereocenters. The highest BCUT2D eigenvalue weighted by molar-refractivity contribution is 7.93. The lowest BCUT2D eigenvalue weighted by Crippen LogP contribution is -2.14. The molecule has 0 aliphatic rings. The van der Waals surface area contributed by atoms with Crippen LogP contribution in [-0.2, 0) is 10.0 Å². The minimum Gasteiger partial charge on any atom is -0.271 e. The van der Waals surface area contributed by atoms with Gasteiger partial charge in [0.05, 0.1) is 0 Å². The maximum atomic E-state index is 10.7. The molecule has 0 aromatic carbocycles. The molecule has 0 fully saturated rings. The standard InChI is InChI=1S/C6H10N2O2S.C2H6/c1-5(2)6(4-8-3)11(7,9)10;1-2/h4H,1,3H2,2H3,(H2,7,9,10);1-2H3/b6-4+;. The summed E-state index contributed by atoms with van der Waals surface area (Å²) in [7, 11) is -3.70. The van der Waals surface area contributed by atoms with Crippen LogP contribution in [0.4, 0.5) is 0 Å². The normalized spacial score (nSPS) is 11.2. The molecule has 0 aromatic heterocycles. The zero-order chi connectivity index (χ0) is 11.1. The molecule has 0 unspecified atom stereocenters. The van der Waals surface area contributed by atoms with Crippen molar-refractivity contribution in [3.63, 3.8) is 0 Å². The molecule has 0 heterocycles. The Labute approximate surface area is 79.9 Å². The molecular formula is C8H16N2O2S. The van der Waals surface area contributed by atoms with Gasteiger partial charge in [0.2, 0.25) is 10.0 Å². The van der Waals surface area contributed by atoms with Crippen LogP contribution < -0.4 is 5.14 Å². The molecule has 5 heteroatoms. The summed E-state index contributed by atoms with van der Waals surface area (Å²) in [5, 5.41) is 4.82. The first kappa shape index (κ1) is 14.6. The van der Waals surface area contributed by atoms with Crippen LogP contribution in [0.25, 0.3) is 0 Å². The average molecular weight is 204 g/mol. The largest absolute Gasteiger partial charge is 0.271 e. The van der Waals surface area contributed by atoms with Crippen molar-refractivity contribution in [1.29, 1.82) is 0 Å². The number of aliphatic imine (C=N–C) groups is 1. The van der Waals surface area contributed by atoms with Crippen molar-refractivity contribution in [1.82, 2.24) is 0 Å². The van der Waals surface area contributed by atoms with Gasteiger partial charge in [-0.05, 0) is 19.2 Å². The summed E-state index contributed by atoms with van der Waals surface area (Å²) in [6, 6.07) is 0. The van der Waals surface area contributed by atoms with Gasteiger partial charge in [-0.3, -0.25) is 4.99 Å². The van der Waals surface area contributed by atoms with Crippen molar-refractivity contribution in [2.75, 3.05) is 0 Å². The van der Waals surface area contributed by atoms with Gasteiger partial charge in [-0.2, -0.15) is 0 Å². The Hall–Kier alpha value is -0.940. The summed E-state index contributed by atoms with van der Waals surface area (Å²) in [4.78, 5) is 3.20. The highest BCUT2D eigenvalue weighted by Crippen LogP contribution is 2.11. The van der Waals surface area contributed by atoms with Gasteiger partial charge in [0.15, 0.2) is 0 Å². The summed E-state index contributed by atoms with van der Waals surface area (Å²) >= 11 is 0. The predicted octanol–water partition coefficient (Wildman–Crippen LogP) is 1.42. The summed E-state index contributed by atoms with van der Waals surface area (Å²) in [6.07, 6.45) is 1.07. The van der Waals surface area contributed by atoms with Crippen molar-refractivity contribution in [3.8, 4) is 0 Å². The molecule has 0 bridgehead atoms. The first-order valence-corrected chi connectivity index (χ1v) is 5.29. The third-order valence-corrected chi connectivity index (χ3v) is 2.00. The van der Waals surface area contributed by atoms with E-state index in [4.69, 9.17) is 5.14 Å². The molecule has 0 aliphatic carbocycles. The second kappa shape index (κ2) is 6.56. The van der Waals surface area contributed by atoms with E-state index in [-0.39, 0.29) is 4.91 Å². The van der Waals surface area contributed by atoms with Crippen LogP contribution in [0.15, 0.2) is 28.2 Å². The second-order valence-electron chi connectivity index (χ2n) is 2.00. The van der Waals surface area contributed by atoms with E-state index in [2.05, 4.69) is 18.3 Å². The van der Waals surface area contributed by atoms with Crippen molar-refractivity contribution >= 4 is 16.7 Å². The molecule has 0 radical (unpaired) electrons. The fourth-order valence-electron chi connectivity index (χ4n) is 0.509. The molecule has 0 rings (SSSR count). The minimum atomic E-state index is -3.70. The molecule has 4 nitrogen and oxygen atoms in total. The van der Waals surface area contributed by atoms with E-state index >= 15 is 0 Å². The Morgan fingerprint density at radius 3 is 1.92 bits per heavy atom. The number of allylic oxidation sites excluding steroid dienone is 1. The third kappa shape index (κ3) is 6.24. The first-order valence-electron chi connectivity index (χ1n) is 3.74. The van der Waals surface area contributed by atoms with E-state index in [9.17, 15) is 8.42 Å². The number of hydrogen-bond acceptors (Lipinski definition) is 3. The third-order valence-electron chi connectivity index (χ3n) is 0.936. The van der Waals surface area contributed by atoms with Crippen LogP contribution in [0.3, 0.4) is 0 Å². The Balaban J connectivity index is 0. The van der Waals surface area contributed by atoms with E-state index in [1.54, 1.807) is 0 Å². The van der Waals surface area contributed by atoms with Crippen LogP contribution >= 0.6 is 0 Å². The fraction of sp³-hybridized carbons (Fsp3) is 0.375. The monoisotopic (exact) mass is 204 g/mol. The zero-order valence-electron chi connectivity index (χ0n) is 8.24. The topological polar surface area (TPSA) is 72.5 Å². The average Bonchev–Trinajstić information content (AvgIpc) is 2.01. The lowest BCUT2D eigenvalue weighted by molar-refractivity contribution is 0.604. The van der Waals surface area contributed by atoms with Gasteiger partial charge in [-0.15, -0.1) is 0 Å². The van der Waals surface area contributed by atoms with Crippen molar-refractivity contribution in [3.05, 3.63) is 23.3 Å². The van der Waals surface area contributed by atoms with E-state index in [1.165, 1.54) is 6.92 Å². The second-order valence-corrected chi connectivity index (χ2v) is 3.53. The Kier molecular flexibility index (Phi) is 7.36. The van der Waals surface area contributed by atoms with Gasteiger partial charge in [-0.25, -0.2) is 13.6 Å². The molecular weight excluding hydrogens is 188 g/mol. The van der Waals surface area contributed by atoms with E-state index < -0.39 is 10.0 Å². The van der Waals surface area contributed by atoms with Gasteiger partial charge >= 0.3 is 0 Å². The highest BCUT2D eigenvalue weighted by Gasteiger charge is 2.11. The van der Waals surface area contributed by atoms with Gasteiger partial charge in [0, 0.05) is 6.20 Å². The van der Waals surface area contributed by atoms with Crippen LogP contribution in [0.2, 0.25) is 0 Å². The molecule has 0 saturated heterocycles. The maximum Gasteiger partial charge on any atom is 0.239 e. The van der Waals surface area contributed by atoms with E-state index in [0.29, 0.717) is 5.57 Å². The summed E-state index contributed by atoms with van der Waals surface area (Å²) in [5.74, 6) is 0. The lowest BCUT2D eigenvalue weighted by Gasteiger charge is -2.00. The number of sulfonamides is 1. The predicted molar refractivity (Wildman–Crippen MR) is 56.9 cm³/mol.